The van der Waals surface area contributed by atoms with Gasteiger partial charge in [0.2, 0.25) is 0 Å². The molecule has 0 bridgehead atoms. The van der Waals surface area contributed by atoms with E-state index in [2.05, 4.69) is 36.7 Å². The lowest BCUT2D eigenvalue weighted by Crippen LogP contribution is -2.13. The average Bonchev–Trinajstić information content (AvgIpc) is 2.43. The molecular weight excluding hydrogens is 220 g/mol. The third-order valence-corrected chi connectivity index (χ3v) is 2.92. The highest BCUT2D eigenvalue weighted by Crippen LogP contribution is 2.23. The molecule has 1 aliphatic rings. The Labute approximate surface area is 110 Å². The molecule has 0 radical (unpaired) electrons. The first-order valence-corrected chi connectivity index (χ1v) is 5.96. The van der Waals surface area contributed by atoms with E-state index in [9.17, 15) is 0 Å². The van der Waals surface area contributed by atoms with E-state index in [1.807, 2.05) is 44.4 Å². The quantitative estimate of drug-likeness (QED) is 0.315. The van der Waals surface area contributed by atoms with Crippen molar-refractivity contribution < 1.29 is 0 Å². The first kappa shape index (κ1) is 14.0. The number of aliphatic imine (C=N–C) groups is 1. The van der Waals surface area contributed by atoms with Crippen LogP contribution < -0.4 is 0 Å². The van der Waals surface area contributed by atoms with Crippen molar-refractivity contribution in [2.24, 2.45) is 4.99 Å². The number of hydrogen-bond donors (Lipinski definition) is 0. The summed E-state index contributed by atoms with van der Waals surface area (Å²) in [4.78, 5) is 6.41. The molecule has 0 atom stereocenters. The average molecular weight is 240 g/mol. The molecule has 0 unspecified atom stereocenters. The van der Waals surface area contributed by atoms with Gasteiger partial charge in [0.15, 0.2) is 0 Å². The van der Waals surface area contributed by atoms with Crippen LogP contribution in [0.2, 0.25) is 0 Å². The van der Waals surface area contributed by atoms with Crippen molar-refractivity contribution in [3.63, 3.8) is 0 Å². The molecule has 18 heavy (non-hydrogen) atoms. The fourth-order valence-corrected chi connectivity index (χ4v) is 1.44. The van der Waals surface area contributed by atoms with E-state index in [0.29, 0.717) is 0 Å². The van der Waals surface area contributed by atoms with Crippen LogP contribution in [0.15, 0.2) is 58.1 Å². The van der Waals surface area contributed by atoms with Crippen molar-refractivity contribution >= 4 is 6.34 Å². The van der Waals surface area contributed by atoms with E-state index in [4.69, 9.17) is 0 Å². The number of allylic oxidation sites excluding steroid dienone is 5. The Morgan fingerprint density at radius 2 is 2.28 bits per heavy atom. The largest absolute Gasteiger partial charge is 0.334 e. The Kier molecular flexibility index (Phi) is 5.16. The maximum Gasteiger partial charge on any atom is 0.0801 e. The van der Waals surface area contributed by atoms with Crippen molar-refractivity contribution in [3.05, 3.63) is 65.9 Å². The highest BCUT2D eigenvalue weighted by Gasteiger charge is 1.93. The van der Waals surface area contributed by atoms with Gasteiger partial charge in [-0.3, -0.25) is 5.57 Å². The fraction of sp³-hybridized carbons (Fsp3) is 0.250. The van der Waals surface area contributed by atoms with Crippen molar-refractivity contribution in [1.29, 1.82) is 0 Å². The van der Waals surface area contributed by atoms with E-state index >= 15 is 0 Å². The summed E-state index contributed by atoms with van der Waals surface area (Å²) in [6.45, 7) is 9.69. The standard InChI is InChI=1S/C16H20N2/c1-6-13(3)15-10-8-9-11-16(15)17-12-18(5)14(4)7-2/h6,8-12H,2H2,1,3-5H3/q-2. The molecule has 1 aliphatic carbocycles. The predicted molar refractivity (Wildman–Crippen MR) is 78.8 cm³/mol. The molecule has 2 heteroatoms. The molecule has 1 rings (SSSR count). The van der Waals surface area contributed by atoms with Gasteiger partial charge in [-0.15, -0.1) is 18.4 Å². The maximum absolute atomic E-state index is 4.52. The Bertz CT molecular complexity index is 469. The first-order valence-electron chi connectivity index (χ1n) is 5.96. The topological polar surface area (TPSA) is 15.6 Å². The van der Waals surface area contributed by atoms with Gasteiger partial charge >= 0.3 is 0 Å². The molecule has 0 aromatic carbocycles. The van der Waals surface area contributed by atoms with Crippen molar-refractivity contribution in [1.82, 2.24) is 4.90 Å². The summed E-state index contributed by atoms with van der Waals surface area (Å²) in [6.07, 6.45) is 12.0. The minimum atomic E-state index is 0.944. The molecule has 0 N–H and O–H groups in total. The van der Waals surface area contributed by atoms with Gasteiger partial charge in [0.1, 0.15) is 0 Å². The Balaban J connectivity index is 2.93. The molecule has 0 amide bonds. The van der Waals surface area contributed by atoms with Gasteiger partial charge in [0, 0.05) is 7.05 Å². The Morgan fingerprint density at radius 3 is 2.89 bits per heavy atom. The van der Waals surface area contributed by atoms with Gasteiger partial charge in [0.05, 0.1) is 12.0 Å². The molecule has 0 aliphatic heterocycles. The second-order valence-corrected chi connectivity index (χ2v) is 4.11. The second kappa shape index (κ2) is 6.63. The Morgan fingerprint density at radius 1 is 1.56 bits per heavy atom. The van der Waals surface area contributed by atoms with Gasteiger partial charge < -0.3 is 9.89 Å². The molecule has 0 aromatic rings. The van der Waals surface area contributed by atoms with E-state index < -0.39 is 0 Å². The summed E-state index contributed by atoms with van der Waals surface area (Å²) in [5.41, 5.74) is 7.13. The van der Waals surface area contributed by atoms with E-state index in [1.165, 1.54) is 5.57 Å². The van der Waals surface area contributed by atoms with Gasteiger partial charge in [-0.1, -0.05) is 13.5 Å². The zero-order valence-electron chi connectivity index (χ0n) is 11.6. The van der Waals surface area contributed by atoms with E-state index in [-0.39, 0.29) is 0 Å². The van der Waals surface area contributed by atoms with Gasteiger partial charge in [-0.25, -0.2) is 18.1 Å². The molecule has 0 fully saturated rings. The van der Waals surface area contributed by atoms with Crippen LogP contribution in [-0.4, -0.2) is 18.3 Å². The summed E-state index contributed by atoms with van der Waals surface area (Å²) in [5.74, 6) is 0. The van der Waals surface area contributed by atoms with E-state index in [1.54, 1.807) is 6.34 Å². The lowest BCUT2D eigenvalue weighted by atomic mass is 9.99. The lowest BCUT2D eigenvalue weighted by molar-refractivity contribution is 0.647. The van der Waals surface area contributed by atoms with Crippen molar-refractivity contribution in [3.8, 4) is 0 Å². The molecular formula is C16H20N2-2. The third kappa shape index (κ3) is 3.47. The molecule has 96 valence electrons. The van der Waals surface area contributed by atoms with Gasteiger partial charge in [0.25, 0.3) is 0 Å². The summed E-state index contributed by atoms with van der Waals surface area (Å²) < 4.78 is 0. The van der Waals surface area contributed by atoms with Crippen LogP contribution in [0, 0.1) is 12.8 Å². The number of rotatable bonds is 4. The summed E-state index contributed by atoms with van der Waals surface area (Å²) in [7, 11) is 1.93. The zero-order chi connectivity index (χ0) is 13.5. The minimum absolute atomic E-state index is 0.944. The smallest absolute Gasteiger partial charge is 0.0801 e. The SMILES string of the molecule is C=C=C(C)N(C)C=NC1=C[CH-]C=CC1=C(C)[CH-]C. The highest BCUT2D eigenvalue weighted by atomic mass is 15.1. The predicted octanol–water partition coefficient (Wildman–Crippen LogP) is 3.83. The van der Waals surface area contributed by atoms with Crippen LogP contribution >= 0.6 is 0 Å². The molecule has 0 aromatic heterocycles. The lowest BCUT2D eigenvalue weighted by Gasteiger charge is -2.29. The van der Waals surface area contributed by atoms with Crippen LogP contribution in [0.3, 0.4) is 0 Å². The highest BCUT2D eigenvalue weighted by molar-refractivity contribution is 5.62. The van der Waals surface area contributed by atoms with Crippen molar-refractivity contribution in [2.45, 2.75) is 20.8 Å². The normalized spacial score (nSPS) is 16.8. The molecule has 0 spiro atoms. The molecule has 0 saturated heterocycles. The number of nitrogens with zero attached hydrogens (tertiary/aromatic N) is 2. The van der Waals surface area contributed by atoms with Gasteiger partial charge in [-0.2, -0.15) is 18.6 Å². The maximum atomic E-state index is 4.52. The van der Waals surface area contributed by atoms with Crippen LogP contribution in [-0.2, 0) is 0 Å². The number of hydrogen-bond acceptors (Lipinski definition) is 1. The molecule has 0 saturated carbocycles. The van der Waals surface area contributed by atoms with Gasteiger partial charge in [-0.05, 0) is 6.92 Å². The summed E-state index contributed by atoms with van der Waals surface area (Å²) >= 11 is 0. The van der Waals surface area contributed by atoms with Crippen LogP contribution in [0.1, 0.15) is 20.8 Å². The molecule has 0 heterocycles. The zero-order valence-corrected chi connectivity index (χ0v) is 11.6. The fourth-order valence-electron chi connectivity index (χ4n) is 1.44. The molecule has 2 nitrogen and oxygen atoms in total. The minimum Gasteiger partial charge on any atom is -0.334 e. The Hall–Kier alpha value is -2.05. The van der Waals surface area contributed by atoms with Crippen molar-refractivity contribution in [2.75, 3.05) is 7.05 Å². The third-order valence-electron chi connectivity index (χ3n) is 2.92. The second-order valence-electron chi connectivity index (χ2n) is 4.11. The first-order chi connectivity index (χ1) is 8.60. The monoisotopic (exact) mass is 240 g/mol. The van der Waals surface area contributed by atoms with Crippen LogP contribution in [0.4, 0.5) is 0 Å². The summed E-state index contributed by atoms with van der Waals surface area (Å²) in [5, 5.41) is 0. The van der Waals surface area contributed by atoms with Crippen LogP contribution in [0.5, 0.6) is 0 Å². The summed E-state index contributed by atoms with van der Waals surface area (Å²) in [6, 6.07) is 0. The van der Waals surface area contributed by atoms with Crippen LogP contribution in [0.25, 0.3) is 0 Å². The van der Waals surface area contributed by atoms with E-state index in [0.717, 1.165) is 17.0 Å².